The lowest BCUT2D eigenvalue weighted by Crippen LogP contribution is -2.33. The van der Waals surface area contributed by atoms with Crippen LogP contribution in [0.3, 0.4) is 0 Å². The average Bonchev–Trinajstić information content (AvgIpc) is 2.64. The molecule has 0 aliphatic heterocycles. The highest BCUT2D eigenvalue weighted by atomic mass is 16.3. The van der Waals surface area contributed by atoms with Gasteiger partial charge < -0.3 is 9.73 Å². The third-order valence-electron chi connectivity index (χ3n) is 4.52. The maximum atomic E-state index is 5.75. The lowest BCUT2D eigenvalue weighted by Gasteiger charge is -2.37. The molecule has 0 saturated heterocycles. The minimum Gasteiger partial charge on any atom is -0.466 e. The third-order valence-corrected chi connectivity index (χ3v) is 4.52. The number of furan rings is 1. The Morgan fingerprint density at radius 1 is 1.21 bits per heavy atom. The molecule has 2 rings (SSSR count). The minimum absolute atomic E-state index is 0.465. The van der Waals surface area contributed by atoms with Gasteiger partial charge >= 0.3 is 0 Å². The molecule has 19 heavy (non-hydrogen) atoms. The Labute approximate surface area is 118 Å². The lowest BCUT2D eigenvalue weighted by molar-refractivity contribution is 0.176. The van der Waals surface area contributed by atoms with Gasteiger partial charge in [-0.15, -0.1) is 0 Å². The maximum Gasteiger partial charge on any atom is 0.105 e. The Morgan fingerprint density at radius 2 is 1.84 bits per heavy atom. The molecule has 0 bridgehead atoms. The van der Waals surface area contributed by atoms with Crippen LogP contribution >= 0.6 is 0 Å². The largest absolute Gasteiger partial charge is 0.466 e. The molecule has 2 heteroatoms. The van der Waals surface area contributed by atoms with Crippen molar-refractivity contribution in [1.29, 1.82) is 0 Å². The zero-order valence-corrected chi connectivity index (χ0v) is 13.1. The molecule has 1 aliphatic rings. The molecule has 1 aromatic rings. The van der Waals surface area contributed by atoms with Crippen LogP contribution in [0.15, 0.2) is 10.5 Å². The van der Waals surface area contributed by atoms with E-state index < -0.39 is 0 Å². The fraction of sp³-hybridized carbons (Fsp3) is 0.765. The van der Waals surface area contributed by atoms with Gasteiger partial charge in [0, 0.05) is 11.6 Å². The molecule has 108 valence electrons. The van der Waals surface area contributed by atoms with Crippen molar-refractivity contribution in [2.45, 2.75) is 59.9 Å². The Bertz CT molecular complexity index is 399. The van der Waals surface area contributed by atoms with Gasteiger partial charge in [-0.1, -0.05) is 20.8 Å². The molecular formula is C17H29NO. The molecule has 0 aromatic carbocycles. The summed E-state index contributed by atoms with van der Waals surface area (Å²) in [5.41, 5.74) is 1.38. The van der Waals surface area contributed by atoms with Crippen molar-refractivity contribution in [2.75, 3.05) is 6.54 Å². The van der Waals surface area contributed by atoms with Crippen molar-refractivity contribution in [3.63, 3.8) is 0 Å². The molecule has 0 spiro atoms. The van der Waals surface area contributed by atoms with Crippen LogP contribution < -0.4 is 5.32 Å². The van der Waals surface area contributed by atoms with Crippen molar-refractivity contribution >= 4 is 0 Å². The van der Waals surface area contributed by atoms with Gasteiger partial charge in [0.15, 0.2) is 0 Å². The molecule has 1 heterocycles. The van der Waals surface area contributed by atoms with Gasteiger partial charge in [0.25, 0.3) is 0 Å². The summed E-state index contributed by atoms with van der Waals surface area (Å²) in [6, 6.07) is 2.69. The first-order valence-corrected chi connectivity index (χ1v) is 7.81. The van der Waals surface area contributed by atoms with Crippen LogP contribution in [0.1, 0.15) is 63.2 Å². The fourth-order valence-electron chi connectivity index (χ4n) is 3.99. The summed E-state index contributed by atoms with van der Waals surface area (Å²) in [4.78, 5) is 0. The summed E-state index contributed by atoms with van der Waals surface area (Å²) in [6.07, 6.45) is 4.07. The second kappa shape index (κ2) is 6.13. The van der Waals surface area contributed by atoms with Gasteiger partial charge in [0.05, 0.1) is 0 Å². The number of aryl methyl sites for hydroxylation is 2. The molecule has 1 aromatic heterocycles. The third kappa shape index (κ3) is 3.42. The van der Waals surface area contributed by atoms with E-state index in [2.05, 4.69) is 39.1 Å². The maximum absolute atomic E-state index is 5.75. The van der Waals surface area contributed by atoms with Crippen LogP contribution in [0.4, 0.5) is 0 Å². The van der Waals surface area contributed by atoms with E-state index in [0.29, 0.717) is 6.04 Å². The van der Waals surface area contributed by atoms with E-state index in [1.54, 1.807) is 0 Å². The summed E-state index contributed by atoms with van der Waals surface area (Å²) in [7, 11) is 0. The van der Waals surface area contributed by atoms with Crippen molar-refractivity contribution in [2.24, 2.45) is 17.8 Å². The highest BCUT2D eigenvalue weighted by Gasteiger charge is 2.32. The van der Waals surface area contributed by atoms with Gasteiger partial charge in [0.2, 0.25) is 0 Å². The van der Waals surface area contributed by atoms with E-state index in [1.807, 2.05) is 6.92 Å². The van der Waals surface area contributed by atoms with Crippen LogP contribution in [0.25, 0.3) is 0 Å². The summed E-state index contributed by atoms with van der Waals surface area (Å²) in [5.74, 6) is 4.57. The smallest absolute Gasteiger partial charge is 0.105 e. The van der Waals surface area contributed by atoms with Crippen LogP contribution in [0.5, 0.6) is 0 Å². The Kier molecular flexibility index (Phi) is 4.72. The van der Waals surface area contributed by atoms with E-state index in [4.69, 9.17) is 4.42 Å². The number of hydrogen-bond donors (Lipinski definition) is 1. The quantitative estimate of drug-likeness (QED) is 0.857. The van der Waals surface area contributed by atoms with Crippen LogP contribution in [0, 0.1) is 31.6 Å². The minimum atomic E-state index is 0.465. The summed E-state index contributed by atoms with van der Waals surface area (Å²) < 4.78 is 5.75. The van der Waals surface area contributed by atoms with Crippen molar-refractivity contribution in [3.8, 4) is 0 Å². The Balaban J connectivity index is 2.22. The molecule has 1 aliphatic carbocycles. The molecular weight excluding hydrogens is 234 g/mol. The van der Waals surface area contributed by atoms with Crippen molar-refractivity contribution in [3.05, 3.63) is 23.2 Å². The zero-order valence-electron chi connectivity index (χ0n) is 13.1. The van der Waals surface area contributed by atoms with E-state index in [9.17, 15) is 0 Å². The van der Waals surface area contributed by atoms with Crippen LogP contribution in [0.2, 0.25) is 0 Å². The van der Waals surface area contributed by atoms with Gasteiger partial charge in [0.1, 0.15) is 11.5 Å². The summed E-state index contributed by atoms with van der Waals surface area (Å²) >= 11 is 0. The highest BCUT2D eigenvalue weighted by molar-refractivity contribution is 5.25. The van der Waals surface area contributed by atoms with Gasteiger partial charge in [-0.2, -0.15) is 0 Å². The molecule has 1 saturated carbocycles. The summed E-state index contributed by atoms with van der Waals surface area (Å²) in [5, 5.41) is 3.70. The highest BCUT2D eigenvalue weighted by Crippen LogP contribution is 2.41. The molecule has 1 N–H and O–H groups in total. The molecule has 0 amide bonds. The first-order valence-electron chi connectivity index (χ1n) is 7.81. The van der Waals surface area contributed by atoms with Gasteiger partial charge in [-0.05, 0) is 63.5 Å². The molecule has 2 nitrogen and oxygen atoms in total. The van der Waals surface area contributed by atoms with Gasteiger partial charge in [-0.3, -0.25) is 0 Å². The van der Waals surface area contributed by atoms with Gasteiger partial charge in [-0.25, -0.2) is 0 Å². The molecule has 3 atom stereocenters. The van der Waals surface area contributed by atoms with Crippen molar-refractivity contribution in [1.82, 2.24) is 5.32 Å². The molecule has 0 radical (unpaired) electrons. The van der Waals surface area contributed by atoms with E-state index in [1.165, 1.54) is 24.8 Å². The van der Waals surface area contributed by atoms with Crippen LogP contribution in [-0.4, -0.2) is 6.54 Å². The SMILES string of the molecule is CCNC(c1cc(C)oc1C)C1CC(C)CC(C)C1. The van der Waals surface area contributed by atoms with E-state index in [0.717, 1.165) is 35.8 Å². The number of hydrogen-bond acceptors (Lipinski definition) is 2. The summed E-state index contributed by atoms with van der Waals surface area (Å²) in [6.45, 7) is 12.2. The Morgan fingerprint density at radius 3 is 2.32 bits per heavy atom. The second-order valence-corrected chi connectivity index (χ2v) is 6.58. The predicted molar refractivity (Wildman–Crippen MR) is 80.3 cm³/mol. The first-order chi connectivity index (χ1) is 9.01. The normalized spacial score (nSPS) is 29.4. The standard InChI is InChI=1S/C17H29NO/c1-6-18-17(16-10-13(4)19-14(16)5)15-8-11(2)7-12(3)9-15/h10-12,15,17-18H,6-9H2,1-5H3. The molecule has 1 fully saturated rings. The Hall–Kier alpha value is -0.760. The molecule has 3 unspecified atom stereocenters. The van der Waals surface area contributed by atoms with Crippen molar-refractivity contribution < 1.29 is 4.42 Å². The number of rotatable bonds is 4. The lowest BCUT2D eigenvalue weighted by atomic mass is 9.72. The van der Waals surface area contributed by atoms with Crippen LogP contribution in [-0.2, 0) is 0 Å². The second-order valence-electron chi connectivity index (χ2n) is 6.58. The predicted octanol–water partition coefficient (Wildman–Crippen LogP) is 4.62. The fourth-order valence-corrected chi connectivity index (χ4v) is 3.99. The van der Waals surface area contributed by atoms with E-state index in [-0.39, 0.29) is 0 Å². The van der Waals surface area contributed by atoms with E-state index >= 15 is 0 Å². The first kappa shape index (κ1) is 14.6. The number of nitrogens with one attached hydrogen (secondary N) is 1. The average molecular weight is 263 g/mol. The topological polar surface area (TPSA) is 25.2 Å². The zero-order chi connectivity index (χ0) is 14.0. The monoisotopic (exact) mass is 263 g/mol.